The van der Waals surface area contributed by atoms with Crippen LogP contribution in [0.3, 0.4) is 0 Å². The van der Waals surface area contributed by atoms with Gasteiger partial charge in [0.2, 0.25) is 5.88 Å². The number of aromatic nitrogens is 2. The zero-order valence-electron chi connectivity index (χ0n) is 13.9. The number of fused-ring (bicyclic) bond motifs is 2. The second kappa shape index (κ2) is 6.85. The van der Waals surface area contributed by atoms with Crippen molar-refractivity contribution in [2.24, 2.45) is 0 Å². The van der Waals surface area contributed by atoms with Crippen molar-refractivity contribution in [3.8, 4) is 5.88 Å². The van der Waals surface area contributed by atoms with Gasteiger partial charge >= 0.3 is 6.18 Å². The third-order valence-corrected chi connectivity index (χ3v) is 4.56. The van der Waals surface area contributed by atoms with E-state index in [0.717, 1.165) is 24.1 Å². The molecule has 0 unspecified atom stereocenters. The molecular weight excluding hydrogens is 347 g/mol. The molecule has 2 bridgehead atoms. The average molecular weight is 365 g/mol. The van der Waals surface area contributed by atoms with E-state index in [1.165, 1.54) is 12.3 Å². The van der Waals surface area contributed by atoms with Crippen molar-refractivity contribution in [1.29, 1.82) is 0 Å². The van der Waals surface area contributed by atoms with Gasteiger partial charge in [-0.05, 0) is 17.5 Å². The fourth-order valence-electron chi connectivity index (χ4n) is 3.39. The number of halogens is 3. The molecule has 2 aliphatic rings. The van der Waals surface area contributed by atoms with Crippen LogP contribution in [0.2, 0.25) is 0 Å². The second-order valence-corrected chi connectivity index (χ2v) is 6.56. The molecule has 2 aliphatic heterocycles. The van der Waals surface area contributed by atoms with E-state index in [1.807, 2.05) is 24.3 Å². The van der Waals surface area contributed by atoms with Crippen molar-refractivity contribution in [3.63, 3.8) is 0 Å². The molecule has 138 valence electrons. The molecule has 1 aromatic carbocycles. The van der Waals surface area contributed by atoms with E-state index < -0.39 is 12.8 Å². The van der Waals surface area contributed by atoms with Gasteiger partial charge in [-0.3, -0.25) is 0 Å². The van der Waals surface area contributed by atoms with Crippen LogP contribution in [0.4, 0.5) is 13.2 Å². The van der Waals surface area contributed by atoms with E-state index >= 15 is 0 Å². The molecule has 2 fully saturated rings. The first kappa shape index (κ1) is 17.2. The van der Waals surface area contributed by atoms with Gasteiger partial charge in [-0.1, -0.05) is 24.3 Å². The molecule has 4 rings (SSSR count). The molecule has 0 aliphatic carbocycles. The van der Waals surface area contributed by atoms with Gasteiger partial charge in [-0.25, -0.2) is 4.98 Å². The van der Waals surface area contributed by atoms with E-state index in [9.17, 15) is 13.2 Å². The van der Waals surface area contributed by atoms with Gasteiger partial charge in [-0.2, -0.15) is 18.2 Å². The van der Waals surface area contributed by atoms with Crippen molar-refractivity contribution in [1.82, 2.24) is 15.3 Å². The van der Waals surface area contributed by atoms with Crippen molar-refractivity contribution < 1.29 is 22.6 Å². The molecule has 8 heteroatoms. The normalized spacial score (nSPS) is 24.8. The summed E-state index contributed by atoms with van der Waals surface area (Å²) in [6.45, 7) is -0.445. The first-order chi connectivity index (χ1) is 12.5. The lowest BCUT2D eigenvalue weighted by Crippen LogP contribution is -2.33. The fourth-order valence-corrected chi connectivity index (χ4v) is 3.39. The Kier molecular flexibility index (Phi) is 4.54. The number of ether oxygens (including phenoxy) is 2. The molecule has 1 N–H and O–H groups in total. The van der Waals surface area contributed by atoms with E-state index in [0.29, 0.717) is 24.4 Å². The molecule has 5 nitrogen and oxygen atoms in total. The Morgan fingerprint density at radius 3 is 2.65 bits per heavy atom. The molecule has 0 amide bonds. The van der Waals surface area contributed by atoms with Crippen LogP contribution in [0, 0.1) is 0 Å². The van der Waals surface area contributed by atoms with Gasteiger partial charge in [0.15, 0.2) is 6.61 Å². The van der Waals surface area contributed by atoms with Gasteiger partial charge < -0.3 is 14.8 Å². The molecule has 0 saturated carbocycles. The van der Waals surface area contributed by atoms with Crippen LogP contribution >= 0.6 is 0 Å². The van der Waals surface area contributed by atoms with E-state index in [2.05, 4.69) is 20.0 Å². The third-order valence-electron chi connectivity index (χ3n) is 4.56. The van der Waals surface area contributed by atoms with Crippen LogP contribution in [-0.2, 0) is 11.2 Å². The second-order valence-electron chi connectivity index (χ2n) is 6.56. The molecule has 2 saturated heterocycles. The highest BCUT2D eigenvalue weighted by molar-refractivity contribution is 5.28. The summed E-state index contributed by atoms with van der Waals surface area (Å²) in [5, 5.41) is 3.45. The van der Waals surface area contributed by atoms with Crippen LogP contribution < -0.4 is 10.1 Å². The summed E-state index contributed by atoms with van der Waals surface area (Å²) in [4.78, 5) is 8.14. The minimum atomic E-state index is -4.39. The smallest absolute Gasteiger partial charge is 0.422 e. The molecule has 3 atom stereocenters. The average Bonchev–Trinajstić information content (AvgIpc) is 3.24. The van der Waals surface area contributed by atoms with Crippen molar-refractivity contribution in [2.45, 2.75) is 37.3 Å². The highest BCUT2D eigenvalue weighted by Crippen LogP contribution is 2.36. The SMILES string of the molecule is FC(F)(F)COc1ccnc(Cc2ccc([C@H]3O[C@@H]4CN[C@H]3C4)cc2)n1. The summed E-state index contributed by atoms with van der Waals surface area (Å²) >= 11 is 0. The molecule has 1 aromatic heterocycles. The monoisotopic (exact) mass is 365 g/mol. The lowest BCUT2D eigenvalue weighted by molar-refractivity contribution is -0.154. The first-order valence-corrected chi connectivity index (χ1v) is 8.45. The summed E-state index contributed by atoms with van der Waals surface area (Å²) < 4.78 is 47.3. The Bertz CT molecular complexity index is 767. The summed E-state index contributed by atoms with van der Waals surface area (Å²) in [6.07, 6.45) is -1.14. The molecule has 3 heterocycles. The Balaban J connectivity index is 1.40. The Labute approximate surface area is 148 Å². The number of benzene rings is 1. The number of rotatable bonds is 5. The largest absolute Gasteiger partial charge is 0.468 e. The maximum Gasteiger partial charge on any atom is 0.422 e. The number of alkyl halides is 3. The molecular formula is C18H18F3N3O2. The van der Waals surface area contributed by atoms with Crippen LogP contribution in [0.25, 0.3) is 0 Å². The predicted molar refractivity (Wildman–Crippen MR) is 86.9 cm³/mol. The highest BCUT2D eigenvalue weighted by atomic mass is 19.4. The summed E-state index contributed by atoms with van der Waals surface area (Å²) in [5.41, 5.74) is 2.09. The number of nitrogens with zero attached hydrogens (tertiary/aromatic N) is 2. The lowest BCUT2D eigenvalue weighted by atomic mass is 10.0. The van der Waals surface area contributed by atoms with Crippen molar-refractivity contribution in [3.05, 3.63) is 53.5 Å². The van der Waals surface area contributed by atoms with Crippen molar-refractivity contribution >= 4 is 0 Å². The number of hydrogen-bond acceptors (Lipinski definition) is 5. The minimum Gasteiger partial charge on any atom is -0.468 e. The number of hydrogen-bond donors (Lipinski definition) is 1. The van der Waals surface area contributed by atoms with E-state index in [4.69, 9.17) is 4.74 Å². The van der Waals surface area contributed by atoms with Crippen LogP contribution in [-0.4, -0.2) is 41.4 Å². The van der Waals surface area contributed by atoms with Gasteiger partial charge in [-0.15, -0.1) is 0 Å². The van der Waals surface area contributed by atoms with Crippen LogP contribution in [0.1, 0.15) is 29.5 Å². The van der Waals surface area contributed by atoms with E-state index in [1.54, 1.807) is 0 Å². The quantitative estimate of drug-likeness (QED) is 0.883. The van der Waals surface area contributed by atoms with Crippen LogP contribution in [0.15, 0.2) is 36.5 Å². The number of nitrogens with one attached hydrogen (secondary N) is 1. The lowest BCUT2D eigenvalue weighted by Gasteiger charge is -2.23. The summed E-state index contributed by atoms with van der Waals surface area (Å²) in [6, 6.07) is 9.67. The highest BCUT2D eigenvalue weighted by Gasteiger charge is 2.41. The molecule has 0 radical (unpaired) electrons. The van der Waals surface area contributed by atoms with Gasteiger partial charge in [0, 0.05) is 31.3 Å². The number of morpholine rings is 1. The van der Waals surface area contributed by atoms with E-state index in [-0.39, 0.29) is 12.0 Å². The van der Waals surface area contributed by atoms with Gasteiger partial charge in [0.1, 0.15) is 5.82 Å². The molecule has 26 heavy (non-hydrogen) atoms. The van der Waals surface area contributed by atoms with Crippen LogP contribution in [0.5, 0.6) is 5.88 Å². The summed E-state index contributed by atoms with van der Waals surface area (Å²) in [7, 11) is 0. The predicted octanol–water partition coefficient (Wildman–Crippen LogP) is 2.81. The van der Waals surface area contributed by atoms with Gasteiger partial charge in [0.05, 0.1) is 12.2 Å². The minimum absolute atomic E-state index is 0.0783. The molecule has 2 aromatic rings. The zero-order chi connectivity index (χ0) is 18.1. The topological polar surface area (TPSA) is 56.3 Å². The Morgan fingerprint density at radius 2 is 2.00 bits per heavy atom. The standard InChI is InChI=1S/C18H18F3N3O2/c19-18(20,21)10-25-16-5-6-22-15(24-16)7-11-1-3-12(4-2-11)17-14-8-13(26-17)9-23-14/h1-6,13-14,17,23H,7-10H2/t13-,14-,17+/m0/s1. The fraction of sp³-hybridized carbons (Fsp3) is 0.444. The van der Waals surface area contributed by atoms with Crippen molar-refractivity contribution in [2.75, 3.05) is 13.2 Å². The maximum atomic E-state index is 12.2. The third kappa shape index (κ3) is 3.96. The first-order valence-electron chi connectivity index (χ1n) is 8.45. The summed E-state index contributed by atoms with van der Waals surface area (Å²) in [5.74, 6) is 0.334. The van der Waals surface area contributed by atoms with Gasteiger partial charge in [0.25, 0.3) is 0 Å². The molecule has 0 spiro atoms. The Hall–Kier alpha value is -2.19. The maximum absolute atomic E-state index is 12.2. The zero-order valence-corrected chi connectivity index (χ0v) is 13.9. The Morgan fingerprint density at radius 1 is 1.19 bits per heavy atom.